The van der Waals surface area contributed by atoms with Gasteiger partial charge in [-0.25, -0.2) is 4.98 Å². The van der Waals surface area contributed by atoms with Crippen LogP contribution in [-0.4, -0.2) is 44.6 Å². The number of ketones is 2. The molecule has 7 nitrogen and oxygen atoms in total. The van der Waals surface area contributed by atoms with Gasteiger partial charge in [0.05, 0.1) is 18.5 Å². The van der Waals surface area contributed by atoms with E-state index < -0.39 is 23.7 Å². The number of amides is 1. The van der Waals surface area contributed by atoms with E-state index in [9.17, 15) is 14.4 Å². The highest BCUT2D eigenvalue weighted by Gasteiger charge is 2.51. The lowest BCUT2D eigenvalue weighted by atomic mass is 9.86. The minimum atomic E-state index is -1.08. The predicted molar refractivity (Wildman–Crippen MR) is 123 cm³/mol. The third kappa shape index (κ3) is 4.87. The molecule has 2 heterocycles. The summed E-state index contributed by atoms with van der Waals surface area (Å²) in [5.41, 5.74) is 1.16. The summed E-state index contributed by atoms with van der Waals surface area (Å²) in [4.78, 5) is 45.1. The number of nitrogens with zero attached hydrogens (tertiary/aromatic N) is 3. The van der Waals surface area contributed by atoms with Crippen LogP contribution in [0.15, 0.2) is 73.3 Å². The van der Waals surface area contributed by atoms with Gasteiger partial charge in [-0.05, 0) is 50.1 Å². The summed E-state index contributed by atoms with van der Waals surface area (Å²) in [5.74, 6) is -2.04. The Kier molecular flexibility index (Phi) is 6.68. The molecule has 0 radical (unpaired) electrons. The molecule has 1 fully saturated rings. The van der Waals surface area contributed by atoms with Crippen LogP contribution < -0.4 is 4.74 Å². The van der Waals surface area contributed by atoms with Crippen molar-refractivity contribution in [3.8, 4) is 5.75 Å². The van der Waals surface area contributed by atoms with E-state index in [1.807, 2.05) is 54.9 Å². The smallest absolute Gasteiger partial charge is 0.291 e. The van der Waals surface area contributed by atoms with Crippen molar-refractivity contribution in [1.29, 1.82) is 0 Å². The van der Waals surface area contributed by atoms with Crippen LogP contribution in [0.5, 0.6) is 5.75 Å². The third-order valence-corrected chi connectivity index (χ3v) is 5.71. The van der Waals surface area contributed by atoms with E-state index >= 15 is 0 Å². The molecule has 1 aliphatic heterocycles. The molecule has 0 spiro atoms. The van der Waals surface area contributed by atoms with E-state index in [0.29, 0.717) is 30.8 Å². The maximum atomic E-state index is 13.5. The van der Waals surface area contributed by atoms with Gasteiger partial charge in [0.2, 0.25) is 5.78 Å². The molecule has 3 aromatic rings. The lowest BCUT2D eigenvalue weighted by Gasteiger charge is -2.27. The molecule has 0 aliphatic carbocycles. The molecule has 33 heavy (non-hydrogen) atoms. The van der Waals surface area contributed by atoms with Gasteiger partial charge in [-0.3, -0.25) is 14.4 Å². The van der Waals surface area contributed by atoms with Crippen LogP contribution in [0, 0.1) is 5.92 Å². The Bertz CT molecular complexity index is 1110. The van der Waals surface area contributed by atoms with Gasteiger partial charge in [-0.2, -0.15) is 0 Å². The summed E-state index contributed by atoms with van der Waals surface area (Å²) in [6.45, 7) is 4.88. The number of ether oxygens (including phenoxy) is 1. The molecule has 1 aliphatic rings. The second kappa shape index (κ2) is 9.81. The van der Waals surface area contributed by atoms with Crippen molar-refractivity contribution in [1.82, 2.24) is 14.5 Å². The van der Waals surface area contributed by atoms with Crippen LogP contribution in [0.3, 0.4) is 0 Å². The zero-order chi connectivity index (χ0) is 23.4. The Morgan fingerprint density at radius 1 is 1.03 bits per heavy atom. The number of hydrogen-bond acceptors (Lipinski definition) is 5. The van der Waals surface area contributed by atoms with Crippen LogP contribution in [0.1, 0.15) is 42.2 Å². The average molecular weight is 446 g/mol. The summed E-state index contributed by atoms with van der Waals surface area (Å²) in [5, 5.41) is 0. The molecule has 4 rings (SSSR count). The Labute approximate surface area is 193 Å². The van der Waals surface area contributed by atoms with Gasteiger partial charge in [0.25, 0.3) is 5.91 Å². The van der Waals surface area contributed by atoms with Crippen molar-refractivity contribution in [2.45, 2.75) is 39.0 Å². The maximum Gasteiger partial charge on any atom is 0.291 e. The van der Waals surface area contributed by atoms with E-state index in [-0.39, 0.29) is 11.9 Å². The SMILES string of the molecule is CC(C)Oc1ccc(C(=O)C2C(=O)C(=O)N(CCCn3ccnc3)C2c2ccccc2)cc1. The van der Waals surface area contributed by atoms with Gasteiger partial charge in [-0.15, -0.1) is 0 Å². The first-order chi connectivity index (χ1) is 16.0. The molecule has 7 heteroatoms. The Morgan fingerprint density at radius 3 is 2.39 bits per heavy atom. The minimum Gasteiger partial charge on any atom is -0.491 e. The van der Waals surface area contributed by atoms with Crippen molar-refractivity contribution < 1.29 is 19.1 Å². The fourth-order valence-corrected chi connectivity index (χ4v) is 4.24. The fraction of sp³-hybridized carbons (Fsp3) is 0.308. The molecule has 1 amide bonds. The van der Waals surface area contributed by atoms with Gasteiger partial charge in [-0.1, -0.05) is 30.3 Å². The molecule has 0 bridgehead atoms. The number of rotatable bonds is 9. The van der Waals surface area contributed by atoms with E-state index in [4.69, 9.17) is 4.74 Å². The van der Waals surface area contributed by atoms with E-state index in [0.717, 1.165) is 5.56 Å². The van der Waals surface area contributed by atoms with Gasteiger partial charge in [0.15, 0.2) is 5.78 Å². The van der Waals surface area contributed by atoms with Gasteiger partial charge >= 0.3 is 0 Å². The van der Waals surface area contributed by atoms with Crippen LogP contribution in [0.4, 0.5) is 0 Å². The molecule has 0 saturated carbocycles. The average Bonchev–Trinajstić information content (AvgIpc) is 3.41. The van der Waals surface area contributed by atoms with Crippen molar-refractivity contribution in [2.24, 2.45) is 5.92 Å². The van der Waals surface area contributed by atoms with Crippen molar-refractivity contribution >= 4 is 17.5 Å². The topological polar surface area (TPSA) is 81.5 Å². The highest BCUT2D eigenvalue weighted by Crippen LogP contribution is 2.38. The number of Topliss-reactive ketones (excluding diaryl/α,β-unsaturated/α-hetero) is 2. The molecule has 1 saturated heterocycles. The summed E-state index contributed by atoms with van der Waals surface area (Å²) in [7, 11) is 0. The number of likely N-dealkylation sites (tertiary alicyclic amines) is 1. The minimum absolute atomic E-state index is 0.0129. The molecular formula is C26H27N3O4. The van der Waals surface area contributed by atoms with Crippen LogP contribution in [0.2, 0.25) is 0 Å². The zero-order valence-corrected chi connectivity index (χ0v) is 18.8. The predicted octanol–water partition coefficient (Wildman–Crippen LogP) is 3.71. The molecule has 1 aromatic heterocycles. The number of aryl methyl sites for hydroxylation is 1. The third-order valence-electron chi connectivity index (χ3n) is 5.71. The standard InChI is InChI=1S/C26H27N3O4/c1-18(2)33-21-11-9-20(10-12-21)24(30)22-23(19-7-4-3-5-8-19)29(26(32)25(22)31)15-6-14-28-16-13-27-17-28/h3-5,7-13,16-18,22-23H,6,14-15H2,1-2H3. The molecular weight excluding hydrogens is 418 g/mol. The molecule has 2 atom stereocenters. The van der Waals surface area contributed by atoms with Crippen LogP contribution in [0.25, 0.3) is 0 Å². The Hall–Kier alpha value is -3.74. The first-order valence-corrected chi connectivity index (χ1v) is 11.1. The molecule has 170 valence electrons. The second-order valence-corrected chi connectivity index (χ2v) is 8.41. The van der Waals surface area contributed by atoms with E-state index in [1.54, 1.807) is 41.7 Å². The number of aromatic nitrogens is 2. The van der Waals surface area contributed by atoms with Crippen molar-refractivity contribution in [3.05, 3.63) is 84.4 Å². The fourth-order valence-electron chi connectivity index (χ4n) is 4.24. The number of benzene rings is 2. The number of hydrogen-bond donors (Lipinski definition) is 0. The normalized spacial score (nSPS) is 18.2. The first kappa shape index (κ1) is 22.5. The number of carbonyl (C=O) groups excluding carboxylic acids is 3. The number of carbonyl (C=O) groups is 3. The summed E-state index contributed by atoms with van der Waals surface area (Å²) < 4.78 is 7.57. The Morgan fingerprint density at radius 2 is 1.76 bits per heavy atom. The van der Waals surface area contributed by atoms with Gasteiger partial charge < -0.3 is 14.2 Å². The number of imidazole rings is 1. The summed E-state index contributed by atoms with van der Waals surface area (Å²) in [6, 6.07) is 15.4. The molecule has 0 N–H and O–H groups in total. The second-order valence-electron chi connectivity index (χ2n) is 8.41. The monoisotopic (exact) mass is 445 g/mol. The first-order valence-electron chi connectivity index (χ1n) is 11.1. The molecule has 2 unspecified atom stereocenters. The largest absolute Gasteiger partial charge is 0.491 e. The van der Waals surface area contributed by atoms with Gasteiger partial charge in [0, 0.05) is 31.0 Å². The van der Waals surface area contributed by atoms with Crippen LogP contribution in [-0.2, 0) is 16.1 Å². The lowest BCUT2D eigenvalue weighted by molar-refractivity contribution is -0.140. The summed E-state index contributed by atoms with van der Waals surface area (Å²) >= 11 is 0. The highest BCUT2D eigenvalue weighted by atomic mass is 16.5. The van der Waals surface area contributed by atoms with Crippen molar-refractivity contribution in [2.75, 3.05) is 6.54 Å². The lowest BCUT2D eigenvalue weighted by Crippen LogP contribution is -2.32. The highest BCUT2D eigenvalue weighted by molar-refractivity contribution is 6.44. The van der Waals surface area contributed by atoms with E-state index in [1.165, 1.54) is 0 Å². The quantitative estimate of drug-likeness (QED) is 0.285. The maximum absolute atomic E-state index is 13.5. The summed E-state index contributed by atoms with van der Waals surface area (Å²) in [6.07, 6.45) is 5.92. The Balaban J connectivity index is 1.60. The van der Waals surface area contributed by atoms with Gasteiger partial charge in [0.1, 0.15) is 11.7 Å². The van der Waals surface area contributed by atoms with Crippen molar-refractivity contribution in [3.63, 3.8) is 0 Å². The zero-order valence-electron chi connectivity index (χ0n) is 18.8. The van der Waals surface area contributed by atoms with Crippen LogP contribution >= 0.6 is 0 Å². The molecule has 2 aromatic carbocycles. The van der Waals surface area contributed by atoms with E-state index in [2.05, 4.69) is 4.98 Å².